The minimum absolute atomic E-state index is 0.220. The van der Waals surface area contributed by atoms with Crippen molar-refractivity contribution in [1.82, 2.24) is 0 Å². The Bertz CT molecular complexity index is 332. The lowest BCUT2D eigenvalue weighted by Crippen LogP contribution is -2.36. The maximum Gasteiger partial charge on any atom is 0.172 e. The summed E-state index contributed by atoms with van der Waals surface area (Å²) in [7, 11) is 0. The highest BCUT2D eigenvalue weighted by molar-refractivity contribution is 5.26. The summed E-state index contributed by atoms with van der Waals surface area (Å²) in [6.45, 7) is 16.9. The smallest absolute Gasteiger partial charge is 0.172 e. The zero-order valence-electron chi connectivity index (χ0n) is 11.9. The quantitative estimate of drug-likeness (QED) is 0.637. The third kappa shape index (κ3) is 3.07. The lowest BCUT2D eigenvalue weighted by Gasteiger charge is -2.22. The first-order valence-corrected chi connectivity index (χ1v) is 6.19. The summed E-state index contributed by atoms with van der Waals surface area (Å²) in [5.41, 5.74) is 3.28. The van der Waals surface area contributed by atoms with Gasteiger partial charge in [0.1, 0.15) is 6.54 Å². The minimum Gasteiger partial charge on any atom is -0.205 e. The van der Waals surface area contributed by atoms with E-state index in [4.69, 9.17) is 0 Å². The molecule has 16 heavy (non-hydrogen) atoms. The van der Waals surface area contributed by atoms with E-state index in [1.165, 1.54) is 11.1 Å². The second-order valence-corrected chi connectivity index (χ2v) is 6.64. The molecule has 0 amide bonds. The average Bonchev–Trinajstić information content (AvgIpc) is 2.14. The monoisotopic (exact) mass is 220 g/mol. The van der Waals surface area contributed by atoms with Gasteiger partial charge in [-0.2, -0.15) is 0 Å². The summed E-state index contributed by atoms with van der Waals surface area (Å²) in [5.74, 6) is 0. The molecule has 0 saturated heterocycles. The fraction of sp³-hybridized carbons (Fsp3) is 0.667. The van der Waals surface area contributed by atoms with Crippen LogP contribution in [-0.2, 0) is 17.4 Å². The van der Waals surface area contributed by atoms with E-state index in [0.717, 1.165) is 6.54 Å². The lowest BCUT2D eigenvalue weighted by atomic mass is 9.82. The number of hydrogen-bond donors (Lipinski definition) is 0. The number of aromatic nitrogens is 1. The Morgan fingerprint density at radius 3 is 1.50 bits per heavy atom. The van der Waals surface area contributed by atoms with Crippen molar-refractivity contribution in [2.45, 2.75) is 65.8 Å². The number of nitrogens with zero attached hydrogens (tertiary/aromatic N) is 1. The van der Waals surface area contributed by atoms with Crippen LogP contribution in [0.1, 0.15) is 59.6 Å². The molecule has 0 N–H and O–H groups in total. The Kier molecular flexibility index (Phi) is 3.47. The Hall–Kier alpha value is -0.850. The van der Waals surface area contributed by atoms with E-state index in [1.807, 2.05) is 0 Å². The van der Waals surface area contributed by atoms with Gasteiger partial charge in [-0.3, -0.25) is 0 Å². The third-order valence-corrected chi connectivity index (χ3v) is 3.02. The van der Waals surface area contributed by atoms with Crippen LogP contribution in [0.5, 0.6) is 0 Å². The zero-order valence-corrected chi connectivity index (χ0v) is 11.9. The lowest BCUT2D eigenvalue weighted by molar-refractivity contribution is -0.694. The maximum absolute atomic E-state index is 2.35. The molecule has 90 valence electrons. The average molecular weight is 220 g/mol. The predicted octanol–water partition coefficient (Wildman–Crippen LogP) is 3.59. The van der Waals surface area contributed by atoms with Crippen molar-refractivity contribution in [3.8, 4) is 0 Å². The van der Waals surface area contributed by atoms with E-state index in [0.29, 0.717) is 0 Å². The first kappa shape index (κ1) is 13.2. The van der Waals surface area contributed by atoms with Crippen molar-refractivity contribution in [3.63, 3.8) is 0 Å². The van der Waals surface area contributed by atoms with Crippen molar-refractivity contribution >= 4 is 0 Å². The molecule has 1 rings (SSSR count). The summed E-state index contributed by atoms with van der Waals surface area (Å²) in [6.07, 6.45) is 4.55. The van der Waals surface area contributed by atoms with E-state index >= 15 is 0 Å². The van der Waals surface area contributed by atoms with Crippen LogP contribution in [0.15, 0.2) is 18.5 Å². The molecule has 1 heteroatoms. The Balaban J connectivity index is 3.33. The summed E-state index contributed by atoms with van der Waals surface area (Å²) >= 11 is 0. The molecule has 1 heterocycles. The van der Waals surface area contributed by atoms with Gasteiger partial charge in [0, 0.05) is 11.1 Å². The molecule has 0 aliphatic heterocycles. The van der Waals surface area contributed by atoms with Gasteiger partial charge < -0.3 is 0 Å². The van der Waals surface area contributed by atoms with E-state index < -0.39 is 0 Å². The SMILES string of the molecule is CC[n+]1cc(C(C)(C)C)cc(C(C)(C)C)c1. The summed E-state index contributed by atoms with van der Waals surface area (Å²) in [4.78, 5) is 0. The van der Waals surface area contributed by atoms with Crippen LogP contribution in [0.25, 0.3) is 0 Å². The second kappa shape index (κ2) is 4.20. The van der Waals surface area contributed by atoms with Crippen molar-refractivity contribution in [2.75, 3.05) is 0 Å². The van der Waals surface area contributed by atoms with E-state index in [9.17, 15) is 0 Å². The molecule has 0 unspecified atom stereocenters. The number of rotatable bonds is 1. The Labute approximate surface area is 101 Å². The number of aryl methyl sites for hydroxylation is 1. The van der Waals surface area contributed by atoms with Crippen LogP contribution in [0, 0.1) is 0 Å². The third-order valence-electron chi connectivity index (χ3n) is 3.02. The van der Waals surface area contributed by atoms with Crippen LogP contribution in [0.4, 0.5) is 0 Å². The molecule has 0 aliphatic rings. The second-order valence-electron chi connectivity index (χ2n) is 6.64. The van der Waals surface area contributed by atoms with Crippen LogP contribution < -0.4 is 4.57 Å². The molecule has 1 aromatic rings. The van der Waals surface area contributed by atoms with Crippen molar-refractivity contribution in [3.05, 3.63) is 29.6 Å². The standard InChI is InChI=1S/C15H26N/c1-8-16-10-12(14(2,3)4)9-13(11-16)15(5,6)7/h9-11H,8H2,1-7H3/q+1. The molecule has 1 aromatic heterocycles. The van der Waals surface area contributed by atoms with Crippen LogP contribution in [-0.4, -0.2) is 0 Å². The van der Waals surface area contributed by atoms with Crippen LogP contribution >= 0.6 is 0 Å². The van der Waals surface area contributed by atoms with Crippen molar-refractivity contribution in [1.29, 1.82) is 0 Å². The maximum atomic E-state index is 2.35. The van der Waals surface area contributed by atoms with Gasteiger partial charge in [0.2, 0.25) is 0 Å². The van der Waals surface area contributed by atoms with E-state index in [2.05, 4.69) is 71.5 Å². The summed E-state index contributed by atoms with van der Waals surface area (Å²) in [6, 6.07) is 2.35. The molecule has 0 spiro atoms. The Morgan fingerprint density at radius 2 is 1.25 bits per heavy atom. The highest BCUT2D eigenvalue weighted by Gasteiger charge is 2.23. The molecule has 0 radical (unpaired) electrons. The van der Waals surface area contributed by atoms with Crippen LogP contribution in [0.3, 0.4) is 0 Å². The zero-order chi connectivity index (χ0) is 12.6. The fourth-order valence-corrected chi connectivity index (χ4v) is 1.64. The molecule has 1 nitrogen and oxygen atoms in total. The normalized spacial score (nSPS) is 12.9. The molecular weight excluding hydrogens is 194 g/mol. The molecule has 0 aliphatic carbocycles. The van der Waals surface area contributed by atoms with Gasteiger partial charge in [-0.1, -0.05) is 41.5 Å². The van der Waals surface area contributed by atoms with E-state index in [-0.39, 0.29) is 10.8 Å². The molecule has 0 fully saturated rings. The summed E-state index contributed by atoms with van der Waals surface area (Å²) < 4.78 is 2.29. The van der Waals surface area contributed by atoms with Crippen LogP contribution in [0.2, 0.25) is 0 Å². The molecule has 0 aromatic carbocycles. The topological polar surface area (TPSA) is 3.88 Å². The van der Waals surface area contributed by atoms with Gasteiger partial charge in [-0.15, -0.1) is 0 Å². The highest BCUT2D eigenvalue weighted by atomic mass is 14.9. The predicted molar refractivity (Wildman–Crippen MR) is 69.7 cm³/mol. The fourth-order valence-electron chi connectivity index (χ4n) is 1.64. The van der Waals surface area contributed by atoms with Gasteiger partial charge in [0.25, 0.3) is 0 Å². The molecule has 0 saturated carbocycles. The first-order chi connectivity index (χ1) is 7.14. The van der Waals surface area contributed by atoms with Gasteiger partial charge in [-0.05, 0) is 23.8 Å². The van der Waals surface area contributed by atoms with Gasteiger partial charge in [-0.25, -0.2) is 4.57 Å². The van der Waals surface area contributed by atoms with Gasteiger partial charge in [0.05, 0.1) is 0 Å². The largest absolute Gasteiger partial charge is 0.205 e. The first-order valence-electron chi connectivity index (χ1n) is 6.19. The van der Waals surface area contributed by atoms with Crippen molar-refractivity contribution in [2.24, 2.45) is 0 Å². The van der Waals surface area contributed by atoms with Gasteiger partial charge >= 0.3 is 0 Å². The Morgan fingerprint density at radius 1 is 0.875 bits per heavy atom. The number of hydrogen-bond acceptors (Lipinski definition) is 0. The van der Waals surface area contributed by atoms with Crippen molar-refractivity contribution < 1.29 is 4.57 Å². The molecule has 0 bridgehead atoms. The molecular formula is C15H26N+. The number of pyridine rings is 1. The summed E-state index contributed by atoms with van der Waals surface area (Å²) in [5, 5.41) is 0. The molecule has 0 atom stereocenters. The minimum atomic E-state index is 0.220. The van der Waals surface area contributed by atoms with E-state index in [1.54, 1.807) is 0 Å². The van der Waals surface area contributed by atoms with Gasteiger partial charge in [0.15, 0.2) is 12.4 Å². The highest BCUT2D eigenvalue weighted by Crippen LogP contribution is 2.26.